The van der Waals surface area contributed by atoms with Gasteiger partial charge in [0, 0.05) is 35.1 Å². The smallest absolute Gasteiger partial charge is 0.256 e. The van der Waals surface area contributed by atoms with Crippen molar-refractivity contribution < 1.29 is 9.53 Å². The van der Waals surface area contributed by atoms with Gasteiger partial charge in [-0.05, 0) is 42.8 Å². The third-order valence-corrected chi connectivity index (χ3v) is 3.79. The zero-order valence-corrected chi connectivity index (χ0v) is 13.7. The molecule has 3 N–H and O–H groups in total. The number of hydrogen-bond donors (Lipinski definition) is 2. The lowest BCUT2D eigenvalue weighted by Gasteiger charge is -2.11. The first kappa shape index (κ1) is 16.0. The largest absolute Gasteiger partial charge is 0.398 e. The average Bonchev–Trinajstić information content (AvgIpc) is 2.56. The van der Waals surface area contributed by atoms with E-state index in [1.54, 1.807) is 13.2 Å². The lowest BCUT2D eigenvalue weighted by molar-refractivity contribution is 0.102. The second kappa shape index (κ2) is 6.68. The Balaban J connectivity index is 1.91. The molecule has 24 heavy (non-hydrogen) atoms. The molecule has 2 aromatic carbocycles. The summed E-state index contributed by atoms with van der Waals surface area (Å²) >= 11 is 0. The van der Waals surface area contributed by atoms with E-state index in [1.165, 1.54) is 0 Å². The molecule has 0 atom stereocenters. The van der Waals surface area contributed by atoms with E-state index in [0.717, 1.165) is 22.2 Å². The normalized spacial score (nSPS) is 10.8. The van der Waals surface area contributed by atoms with Gasteiger partial charge in [0.25, 0.3) is 5.91 Å². The van der Waals surface area contributed by atoms with Crippen LogP contribution in [0.15, 0.2) is 48.5 Å². The molecule has 0 unspecified atom stereocenters. The fourth-order valence-corrected chi connectivity index (χ4v) is 2.69. The topological polar surface area (TPSA) is 77.2 Å². The van der Waals surface area contributed by atoms with E-state index in [-0.39, 0.29) is 5.91 Å². The van der Waals surface area contributed by atoms with Crippen LogP contribution in [0.1, 0.15) is 21.6 Å². The van der Waals surface area contributed by atoms with Crippen LogP contribution in [0, 0.1) is 6.92 Å². The second-order valence-electron chi connectivity index (χ2n) is 5.63. The van der Waals surface area contributed by atoms with Crippen LogP contribution in [0.5, 0.6) is 0 Å². The summed E-state index contributed by atoms with van der Waals surface area (Å²) in [6, 6.07) is 14.7. The van der Waals surface area contributed by atoms with Crippen molar-refractivity contribution in [1.29, 1.82) is 0 Å². The fraction of sp³-hybridized carbons (Fsp3) is 0.158. The first-order valence-electron chi connectivity index (χ1n) is 7.63. The number of anilines is 2. The first-order chi connectivity index (χ1) is 11.6. The number of amides is 1. The molecular weight excluding hydrogens is 302 g/mol. The number of benzene rings is 2. The van der Waals surface area contributed by atoms with Crippen molar-refractivity contribution in [2.45, 2.75) is 13.5 Å². The van der Waals surface area contributed by atoms with Gasteiger partial charge >= 0.3 is 0 Å². The van der Waals surface area contributed by atoms with Crippen molar-refractivity contribution in [2.75, 3.05) is 18.2 Å². The number of hydrogen-bond acceptors (Lipinski definition) is 4. The molecular formula is C19H19N3O2. The molecule has 1 aromatic heterocycles. The number of nitrogens with one attached hydrogen (secondary N) is 1. The van der Waals surface area contributed by atoms with Gasteiger partial charge < -0.3 is 15.8 Å². The Kier molecular flexibility index (Phi) is 4.44. The summed E-state index contributed by atoms with van der Waals surface area (Å²) in [5.41, 5.74) is 10.5. The molecule has 0 radical (unpaired) electrons. The Morgan fingerprint density at radius 2 is 2.00 bits per heavy atom. The highest BCUT2D eigenvalue weighted by atomic mass is 16.5. The van der Waals surface area contributed by atoms with Gasteiger partial charge in [0.1, 0.15) is 0 Å². The van der Waals surface area contributed by atoms with E-state index in [2.05, 4.69) is 10.3 Å². The average molecular weight is 321 g/mol. The van der Waals surface area contributed by atoms with Crippen LogP contribution in [0.3, 0.4) is 0 Å². The molecule has 0 aliphatic rings. The maximum absolute atomic E-state index is 12.6. The van der Waals surface area contributed by atoms with Gasteiger partial charge in [-0.25, -0.2) is 0 Å². The number of fused-ring (bicyclic) bond motifs is 1. The Labute approximate surface area is 140 Å². The van der Waals surface area contributed by atoms with Gasteiger partial charge in [0.2, 0.25) is 0 Å². The predicted molar refractivity (Wildman–Crippen MR) is 96.0 cm³/mol. The highest BCUT2D eigenvalue weighted by Crippen LogP contribution is 2.24. The molecule has 3 aromatic rings. The number of carbonyl (C=O) groups excluding carboxylic acids is 1. The molecule has 1 amide bonds. The highest BCUT2D eigenvalue weighted by molar-refractivity contribution is 6.06. The minimum absolute atomic E-state index is 0.180. The van der Waals surface area contributed by atoms with Crippen molar-refractivity contribution in [3.8, 4) is 0 Å². The lowest BCUT2D eigenvalue weighted by atomic mass is 10.1. The number of nitrogens with two attached hydrogens (primary N) is 1. The van der Waals surface area contributed by atoms with Crippen LogP contribution in [0.25, 0.3) is 10.9 Å². The monoisotopic (exact) mass is 321 g/mol. The number of methoxy groups -OCH3 is 1. The van der Waals surface area contributed by atoms with Crippen LogP contribution < -0.4 is 11.1 Å². The number of pyridine rings is 1. The Morgan fingerprint density at radius 1 is 1.21 bits per heavy atom. The number of aromatic nitrogens is 1. The summed E-state index contributed by atoms with van der Waals surface area (Å²) in [7, 11) is 1.61. The molecule has 1 heterocycles. The molecule has 0 bridgehead atoms. The fourth-order valence-electron chi connectivity index (χ4n) is 2.69. The lowest BCUT2D eigenvalue weighted by Crippen LogP contribution is -2.14. The maximum atomic E-state index is 12.6. The second-order valence-corrected chi connectivity index (χ2v) is 5.63. The molecule has 3 rings (SSSR count). The van der Waals surface area contributed by atoms with Crippen LogP contribution in [-0.4, -0.2) is 18.0 Å². The Morgan fingerprint density at radius 3 is 2.79 bits per heavy atom. The van der Waals surface area contributed by atoms with Crippen molar-refractivity contribution in [2.24, 2.45) is 0 Å². The van der Waals surface area contributed by atoms with E-state index < -0.39 is 0 Å². The predicted octanol–water partition coefficient (Wildman–Crippen LogP) is 3.52. The van der Waals surface area contributed by atoms with Gasteiger partial charge in [0.05, 0.1) is 12.1 Å². The van der Waals surface area contributed by atoms with E-state index >= 15 is 0 Å². The summed E-state index contributed by atoms with van der Waals surface area (Å²) in [6.45, 7) is 2.29. The summed E-state index contributed by atoms with van der Waals surface area (Å²) in [4.78, 5) is 17.0. The molecule has 0 saturated heterocycles. The maximum Gasteiger partial charge on any atom is 0.256 e. The Bertz CT molecular complexity index is 906. The third-order valence-electron chi connectivity index (χ3n) is 3.79. The van der Waals surface area contributed by atoms with E-state index in [9.17, 15) is 4.79 Å². The van der Waals surface area contributed by atoms with E-state index in [0.29, 0.717) is 23.5 Å². The van der Waals surface area contributed by atoms with Crippen LogP contribution in [0.4, 0.5) is 11.4 Å². The molecule has 0 aliphatic heterocycles. The minimum atomic E-state index is -0.180. The van der Waals surface area contributed by atoms with Gasteiger partial charge in [-0.15, -0.1) is 0 Å². The van der Waals surface area contributed by atoms with Crippen molar-refractivity contribution in [1.82, 2.24) is 4.98 Å². The first-order valence-corrected chi connectivity index (χ1v) is 7.63. The molecule has 0 fully saturated rings. The number of nitrogen functional groups attached to an aromatic ring is 1. The minimum Gasteiger partial charge on any atom is -0.398 e. The summed E-state index contributed by atoms with van der Waals surface area (Å²) in [5.74, 6) is -0.180. The van der Waals surface area contributed by atoms with Crippen LogP contribution in [-0.2, 0) is 11.3 Å². The third kappa shape index (κ3) is 3.21. The zero-order valence-electron chi connectivity index (χ0n) is 13.7. The van der Waals surface area contributed by atoms with Crippen molar-refractivity contribution >= 4 is 28.2 Å². The van der Waals surface area contributed by atoms with Gasteiger partial charge in [0.15, 0.2) is 0 Å². The summed E-state index contributed by atoms with van der Waals surface area (Å²) < 4.78 is 5.15. The molecule has 5 nitrogen and oxygen atoms in total. The number of aryl methyl sites for hydroxylation is 1. The number of nitrogens with zero attached hydrogens (tertiary/aromatic N) is 1. The standard InChI is InChI=1S/C19H19N3O2/c1-12-9-17(20)16-10-14(7-8-18(16)21-12)22-19(23)15-6-4-3-5-13(15)11-24-2/h3-10H,11H2,1-2H3,(H2,20,21)(H,22,23). The number of carbonyl (C=O) groups is 1. The summed E-state index contributed by atoms with van der Waals surface area (Å²) in [5, 5.41) is 3.74. The SMILES string of the molecule is COCc1ccccc1C(=O)Nc1ccc2nc(C)cc(N)c2c1. The quantitative estimate of drug-likeness (QED) is 0.770. The van der Waals surface area contributed by atoms with Crippen molar-refractivity contribution in [3.05, 3.63) is 65.4 Å². The number of ether oxygens (including phenoxy) is 1. The van der Waals surface area contributed by atoms with E-state index in [4.69, 9.17) is 10.5 Å². The molecule has 0 spiro atoms. The highest BCUT2D eigenvalue weighted by Gasteiger charge is 2.12. The van der Waals surface area contributed by atoms with Gasteiger partial charge in [-0.3, -0.25) is 9.78 Å². The van der Waals surface area contributed by atoms with Gasteiger partial charge in [-0.1, -0.05) is 18.2 Å². The summed E-state index contributed by atoms with van der Waals surface area (Å²) in [6.07, 6.45) is 0. The van der Waals surface area contributed by atoms with Crippen LogP contribution >= 0.6 is 0 Å². The molecule has 0 aliphatic carbocycles. The van der Waals surface area contributed by atoms with Crippen LogP contribution in [0.2, 0.25) is 0 Å². The van der Waals surface area contributed by atoms with Gasteiger partial charge in [-0.2, -0.15) is 0 Å². The molecule has 0 saturated carbocycles. The molecule has 122 valence electrons. The van der Waals surface area contributed by atoms with Crippen molar-refractivity contribution in [3.63, 3.8) is 0 Å². The van der Waals surface area contributed by atoms with E-state index in [1.807, 2.05) is 49.4 Å². The number of rotatable bonds is 4. The zero-order chi connectivity index (χ0) is 17.1. The molecule has 5 heteroatoms. The Hall–Kier alpha value is -2.92.